The summed E-state index contributed by atoms with van der Waals surface area (Å²) < 4.78 is 10.5. The maximum Gasteiger partial charge on any atom is 0.343 e. The van der Waals surface area contributed by atoms with Crippen molar-refractivity contribution in [1.82, 2.24) is 0 Å². The summed E-state index contributed by atoms with van der Waals surface area (Å²) in [5.74, 6) is -0.181. The molecule has 4 heteroatoms. The van der Waals surface area contributed by atoms with Gasteiger partial charge in [0.15, 0.2) is 0 Å². The van der Waals surface area contributed by atoms with Gasteiger partial charge in [0, 0.05) is 6.07 Å². The number of ether oxygens (including phenoxy) is 2. The zero-order chi connectivity index (χ0) is 13.4. The van der Waals surface area contributed by atoms with E-state index in [1.165, 1.54) is 6.07 Å². The van der Waals surface area contributed by atoms with Crippen LogP contribution < -0.4 is 9.47 Å². The first-order valence-corrected chi connectivity index (χ1v) is 5.78. The zero-order valence-electron chi connectivity index (χ0n) is 10.2. The van der Waals surface area contributed by atoms with E-state index in [2.05, 4.69) is 0 Å². The molecule has 0 aromatic heterocycles. The summed E-state index contributed by atoms with van der Waals surface area (Å²) in [6.07, 6.45) is 0. The summed E-state index contributed by atoms with van der Waals surface area (Å²) in [6.45, 7) is 1.82. The van der Waals surface area contributed by atoms with Crippen LogP contribution >= 0.6 is 0 Å². The van der Waals surface area contributed by atoms with E-state index >= 15 is 0 Å². The van der Waals surface area contributed by atoms with E-state index in [1.807, 2.05) is 6.92 Å². The quantitative estimate of drug-likeness (QED) is 0.536. The summed E-state index contributed by atoms with van der Waals surface area (Å²) in [4.78, 5) is 23.8. The van der Waals surface area contributed by atoms with Crippen LogP contribution in [0, 0.1) is 6.92 Å². The number of carbonyl (C=O) groups excluding carboxylic acids is 2. The predicted octanol–water partition coefficient (Wildman–Crippen LogP) is 2.75. The Labute approximate surface area is 109 Å². The van der Waals surface area contributed by atoms with Gasteiger partial charge in [-0.15, -0.1) is 0 Å². The maximum absolute atomic E-state index is 11.9. The molecule has 0 radical (unpaired) electrons. The molecule has 2 aromatic rings. The Morgan fingerprint density at radius 2 is 1.37 bits per heavy atom. The molecule has 94 valence electrons. The highest BCUT2D eigenvalue weighted by atomic mass is 16.5. The molecule has 0 aliphatic carbocycles. The molecule has 2 aliphatic heterocycles. The van der Waals surface area contributed by atoms with Gasteiger partial charge >= 0.3 is 11.9 Å². The molecule has 2 heterocycles. The van der Waals surface area contributed by atoms with Gasteiger partial charge in [-0.25, -0.2) is 9.59 Å². The smallest absolute Gasteiger partial charge is 0.343 e. The Morgan fingerprint density at radius 3 is 2.00 bits per heavy atom. The second kappa shape index (κ2) is 4.24. The van der Waals surface area contributed by atoms with E-state index in [0.29, 0.717) is 22.6 Å². The third kappa shape index (κ3) is 2.08. The molecule has 0 unspecified atom stereocenters. The molecule has 0 spiro atoms. The normalized spacial score (nSPS) is 13.5. The van der Waals surface area contributed by atoms with Gasteiger partial charge in [-0.2, -0.15) is 0 Å². The fourth-order valence-electron chi connectivity index (χ4n) is 1.82. The highest BCUT2D eigenvalue weighted by molar-refractivity contribution is 5.95. The number of benzene rings is 2. The Kier molecular flexibility index (Phi) is 2.56. The van der Waals surface area contributed by atoms with Crippen molar-refractivity contribution in [3.63, 3.8) is 0 Å². The number of aryl methyl sites for hydroxylation is 1. The van der Waals surface area contributed by atoms with E-state index < -0.39 is 11.9 Å². The van der Waals surface area contributed by atoms with Crippen LogP contribution in [0.3, 0.4) is 0 Å². The second-order valence-corrected chi connectivity index (χ2v) is 4.28. The first kappa shape index (κ1) is 11.5. The fraction of sp³-hybridized carbons (Fsp3) is 0.0667. The molecule has 0 fully saturated rings. The molecule has 4 nitrogen and oxygen atoms in total. The van der Waals surface area contributed by atoms with Gasteiger partial charge in [0.05, 0.1) is 11.1 Å². The molecule has 0 N–H and O–H groups in total. The molecule has 0 saturated heterocycles. The first-order valence-electron chi connectivity index (χ1n) is 5.78. The molecular weight excluding hydrogens is 244 g/mol. The standard InChI is InChI=1S/C15H10O4/c1-9-2-7-12-8-13(9)19-15(17)11-5-3-10(4-6-11)14(16)18-12/h2-8H,1H3. The number of esters is 2. The lowest BCUT2D eigenvalue weighted by Crippen LogP contribution is -2.09. The molecule has 2 aromatic carbocycles. The van der Waals surface area contributed by atoms with Crippen LogP contribution in [0.25, 0.3) is 0 Å². The summed E-state index contributed by atoms with van der Waals surface area (Å²) in [6, 6.07) is 11.1. The number of hydrogen-bond donors (Lipinski definition) is 0. The van der Waals surface area contributed by atoms with Crippen LogP contribution in [0.2, 0.25) is 0 Å². The van der Waals surface area contributed by atoms with E-state index in [9.17, 15) is 9.59 Å². The summed E-state index contributed by atoms with van der Waals surface area (Å²) in [5, 5.41) is 0. The summed E-state index contributed by atoms with van der Waals surface area (Å²) in [7, 11) is 0. The van der Waals surface area contributed by atoms with Crippen molar-refractivity contribution < 1.29 is 19.1 Å². The van der Waals surface area contributed by atoms with Crippen LogP contribution in [0.15, 0.2) is 42.5 Å². The highest BCUT2D eigenvalue weighted by Crippen LogP contribution is 2.26. The summed E-state index contributed by atoms with van der Waals surface area (Å²) in [5.41, 5.74) is 1.58. The van der Waals surface area contributed by atoms with Gasteiger partial charge in [-0.05, 0) is 42.8 Å². The Bertz CT molecular complexity index is 671. The molecule has 4 bridgehead atoms. The predicted molar refractivity (Wildman–Crippen MR) is 67.5 cm³/mol. The monoisotopic (exact) mass is 254 g/mol. The third-order valence-electron chi connectivity index (χ3n) is 2.93. The van der Waals surface area contributed by atoms with Crippen LogP contribution in [-0.2, 0) is 0 Å². The number of fused-ring (bicyclic) bond motifs is 4. The van der Waals surface area contributed by atoms with Crippen LogP contribution in [0.4, 0.5) is 0 Å². The number of carbonyl (C=O) groups is 2. The van der Waals surface area contributed by atoms with E-state index in [0.717, 1.165) is 5.56 Å². The van der Waals surface area contributed by atoms with E-state index in [1.54, 1.807) is 36.4 Å². The van der Waals surface area contributed by atoms with Crippen molar-refractivity contribution in [3.05, 3.63) is 59.2 Å². The molecule has 19 heavy (non-hydrogen) atoms. The van der Waals surface area contributed by atoms with Gasteiger partial charge < -0.3 is 9.47 Å². The molecule has 0 atom stereocenters. The molecule has 0 amide bonds. The largest absolute Gasteiger partial charge is 0.423 e. The Morgan fingerprint density at radius 1 is 0.789 bits per heavy atom. The Balaban J connectivity index is 2.16. The van der Waals surface area contributed by atoms with Gasteiger partial charge in [-0.3, -0.25) is 0 Å². The minimum absolute atomic E-state index is 0.350. The maximum atomic E-state index is 11.9. The molecule has 0 saturated carbocycles. The van der Waals surface area contributed by atoms with E-state index in [4.69, 9.17) is 9.47 Å². The third-order valence-corrected chi connectivity index (χ3v) is 2.93. The highest BCUT2D eigenvalue weighted by Gasteiger charge is 2.16. The Hall–Kier alpha value is -2.62. The zero-order valence-corrected chi connectivity index (χ0v) is 10.2. The van der Waals surface area contributed by atoms with Crippen molar-refractivity contribution in [2.24, 2.45) is 0 Å². The van der Waals surface area contributed by atoms with E-state index in [-0.39, 0.29) is 0 Å². The van der Waals surface area contributed by atoms with Gasteiger partial charge in [0.25, 0.3) is 0 Å². The minimum Gasteiger partial charge on any atom is -0.423 e. The van der Waals surface area contributed by atoms with Crippen molar-refractivity contribution in [2.75, 3.05) is 0 Å². The minimum atomic E-state index is -0.462. The van der Waals surface area contributed by atoms with Crippen molar-refractivity contribution in [1.29, 1.82) is 0 Å². The lowest BCUT2D eigenvalue weighted by molar-refractivity contribution is 0.0731. The molecular formula is C15H10O4. The lowest BCUT2D eigenvalue weighted by Gasteiger charge is -2.08. The van der Waals surface area contributed by atoms with Gasteiger partial charge in [-0.1, -0.05) is 6.07 Å². The topological polar surface area (TPSA) is 52.6 Å². The van der Waals surface area contributed by atoms with Crippen LogP contribution in [0.1, 0.15) is 26.3 Å². The van der Waals surface area contributed by atoms with Crippen molar-refractivity contribution >= 4 is 11.9 Å². The van der Waals surface area contributed by atoms with Gasteiger partial charge in [0.1, 0.15) is 11.5 Å². The van der Waals surface area contributed by atoms with Gasteiger partial charge in [0.2, 0.25) is 0 Å². The first-order chi connectivity index (χ1) is 9.13. The van der Waals surface area contributed by atoms with Crippen LogP contribution in [-0.4, -0.2) is 11.9 Å². The SMILES string of the molecule is Cc1ccc2cc1OC(=O)c1ccc(cc1)C(=O)O2. The number of hydrogen-bond acceptors (Lipinski definition) is 4. The average Bonchev–Trinajstić information content (AvgIpc) is 2.44. The average molecular weight is 254 g/mol. The molecule has 2 aliphatic rings. The molecule has 4 rings (SSSR count). The lowest BCUT2D eigenvalue weighted by atomic mass is 10.1. The van der Waals surface area contributed by atoms with Crippen molar-refractivity contribution in [3.8, 4) is 11.5 Å². The number of rotatable bonds is 0. The second-order valence-electron chi connectivity index (χ2n) is 4.28. The summed E-state index contributed by atoms with van der Waals surface area (Å²) >= 11 is 0. The van der Waals surface area contributed by atoms with Crippen molar-refractivity contribution in [2.45, 2.75) is 6.92 Å². The fourth-order valence-corrected chi connectivity index (χ4v) is 1.82. The van der Waals surface area contributed by atoms with Crippen LogP contribution in [0.5, 0.6) is 11.5 Å².